The van der Waals surface area contributed by atoms with Gasteiger partial charge in [0.25, 0.3) is 5.69 Å². The van der Waals surface area contributed by atoms with E-state index in [-0.39, 0.29) is 23.9 Å². The summed E-state index contributed by atoms with van der Waals surface area (Å²) in [6, 6.07) is 12.8. The lowest BCUT2D eigenvalue weighted by Crippen LogP contribution is -2.47. The highest BCUT2D eigenvalue weighted by molar-refractivity contribution is 5.88. The molecule has 2 fully saturated rings. The van der Waals surface area contributed by atoms with Crippen LogP contribution in [0.5, 0.6) is 0 Å². The number of benzene rings is 2. The molecule has 0 saturated carbocycles. The lowest BCUT2D eigenvalue weighted by atomic mass is 9.87. The van der Waals surface area contributed by atoms with Crippen LogP contribution in [-0.2, 0) is 20.7 Å². The van der Waals surface area contributed by atoms with Gasteiger partial charge in [-0.05, 0) is 23.1 Å². The number of ether oxygens (including phenoxy) is 2. The van der Waals surface area contributed by atoms with E-state index < -0.39 is 10.7 Å². The molecule has 2 aliphatic rings. The van der Waals surface area contributed by atoms with Crippen molar-refractivity contribution in [1.82, 2.24) is 9.88 Å². The van der Waals surface area contributed by atoms with Gasteiger partial charge in [0.05, 0.1) is 18.1 Å². The molecule has 34 heavy (non-hydrogen) atoms. The van der Waals surface area contributed by atoms with Crippen molar-refractivity contribution in [3.8, 4) is 0 Å². The van der Waals surface area contributed by atoms with Crippen LogP contribution in [0, 0.1) is 10.1 Å². The maximum absolute atomic E-state index is 13.5. The number of amides is 1. The van der Waals surface area contributed by atoms with Crippen molar-refractivity contribution in [3.05, 3.63) is 75.5 Å². The van der Waals surface area contributed by atoms with Crippen molar-refractivity contribution in [1.29, 1.82) is 0 Å². The van der Waals surface area contributed by atoms with Crippen molar-refractivity contribution >= 4 is 22.5 Å². The Morgan fingerprint density at radius 3 is 2.62 bits per heavy atom. The quantitative estimate of drug-likeness (QED) is 0.428. The van der Waals surface area contributed by atoms with E-state index in [0.29, 0.717) is 39.1 Å². The first kappa shape index (κ1) is 22.6. The molecule has 1 atom stereocenters. The van der Waals surface area contributed by atoms with E-state index >= 15 is 0 Å². The number of aryl methyl sites for hydroxylation is 1. The van der Waals surface area contributed by atoms with Crippen LogP contribution in [0.2, 0.25) is 0 Å². The number of para-hydroxylation sites is 1. The standard InChI is InChI=1S/C26H29N3O5/c1-2-18-5-4-8-21-23(17-27-25(18)21)22(19-6-3-7-20(15-19)29(31)32)16-24(30)28-11-9-26(10-12-28)33-13-14-34-26/h3-8,15,17,22,27H,2,9-14,16H2,1H3. The van der Waals surface area contributed by atoms with E-state index in [2.05, 4.69) is 24.0 Å². The molecule has 1 N–H and O–H groups in total. The predicted molar refractivity (Wildman–Crippen MR) is 128 cm³/mol. The fourth-order valence-corrected chi connectivity index (χ4v) is 5.27. The number of nitrogens with zero attached hydrogens (tertiary/aromatic N) is 2. The fraction of sp³-hybridized carbons (Fsp3) is 0.423. The van der Waals surface area contributed by atoms with Gasteiger partial charge in [-0.2, -0.15) is 0 Å². The van der Waals surface area contributed by atoms with Crippen molar-refractivity contribution in [2.75, 3.05) is 26.3 Å². The monoisotopic (exact) mass is 463 g/mol. The van der Waals surface area contributed by atoms with E-state index in [9.17, 15) is 14.9 Å². The number of rotatable bonds is 6. The molecule has 8 heteroatoms. The molecule has 178 valence electrons. The van der Waals surface area contributed by atoms with Gasteiger partial charge in [-0.15, -0.1) is 0 Å². The minimum atomic E-state index is -0.538. The first-order valence-corrected chi connectivity index (χ1v) is 11.9. The summed E-state index contributed by atoms with van der Waals surface area (Å²) in [5.41, 5.74) is 4.03. The number of aromatic amines is 1. The molecular formula is C26H29N3O5. The fourth-order valence-electron chi connectivity index (χ4n) is 5.27. The lowest BCUT2D eigenvalue weighted by Gasteiger charge is -2.38. The summed E-state index contributed by atoms with van der Waals surface area (Å²) in [6.07, 6.45) is 4.39. The summed E-state index contributed by atoms with van der Waals surface area (Å²) in [6.45, 7) is 4.46. The molecule has 0 aliphatic carbocycles. The van der Waals surface area contributed by atoms with Crippen LogP contribution in [0.4, 0.5) is 5.69 Å². The van der Waals surface area contributed by atoms with Gasteiger partial charge in [0.15, 0.2) is 5.79 Å². The maximum Gasteiger partial charge on any atom is 0.269 e. The largest absolute Gasteiger partial charge is 0.361 e. The van der Waals surface area contributed by atoms with Crippen LogP contribution < -0.4 is 0 Å². The number of hydrogen-bond acceptors (Lipinski definition) is 5. The molecule has 2 aromatic carbocycles. The molecule has 8 nitrogen and oxygen atoms in total. The first-order chi connectivity index (χ1) is 16.5. The number of likely N-dealkylation sites (tertiary alicyclic amines) is 1. The Morgan fingerprint density at radius 2 is 1.91 bits per heavy atom. The third-order valence-corrected chi connectivity index (χ3v) is 7.14. The predicted octanol–water partition coefficient (Wildman–Crippen LogP) is 4.53. The zero-order valence-electron chi connectivity index (χ0n) is 19.3. The highest BCUT2D eigenvalue weighted by atomic mass is 16.7. The molecule has 1 unspecified atom stereocenters. The van der Waals surface area contributed by atoms with Gasteiger partial charge in [0.2, 0.25) is 5.91 Å². The van der Waals surface area contributed by atoms with Gasteiger partial charge in [-0.1, -0.05) is 37.3 Å². The number of H-pyrrole nitrogens is 1. The van der Waals surface area contributed by atoms with Crippen LogP contribution in [-0.4, -0.2) is 52.8 Å². The summed E-state index contributed by atoms with van der Waals surface area (Å²) in [7, 11) is 0. The second-order valence-corrected chi connectivity index (χ2v) is 9.03. The molecule has 3 heterocycles. The van der Waals surface area contributed by atoms with Crippen LogP contribution in [0.3, 0.4) is 0 Å². The highest BCUT2D eigenvalue weighted by Gasteiger charge is 2.41. The van der Waals surface area contributed by atoms with Gasteiger partial charge < -0.3 is 19.4 Å². The summed E-state index contributed by atoms with van der Waals surface area (Å²) in [4.78, 5) is 29.8. The lowest BCUT2D eigenvalue weighted by molar-refractivity contribution is -0.384. The number of piperidine rings is 1. The number of hydrogen-bond donors (Lipinski definition) is 1. The normalized spacial score (nSPS) is 18.4. The number of fused-ring (bicyclic) bond motifs is 1. The summed E-state index contributed by atoms with van der Waals surface area (Å²) in [5.74, 6) is -0.808. The molecule has 5 rings (SSSR count). The Morgan fingerprint density at radius 1 is 1.18 bits per heavy atom. The Balaban J connectivity index is 1.46. The van der Waals surface area contributed by atoms with Crippen LogP contribution >= 0.6 is 0 Å². The zero-order valence-corrected chi connectivity index (χ0v) is 19.3. The molecule has 1 amide bonds. The molecule has 3 aromatic rings. The number of nitro groups is 1. The number of carbonyl (C=O) groups excluding carboxylic acids is 1. The third-order valence-electron chi connectivity index (χ3n) is 7.14. The van der Waals surface area contributed by atoms with Crippen molar-refractivity contribution < 1.29 is 19.2 Å². The van der Waals surface area contributed by atoms with E-state index in [1.807, 2.05) is 23.2 Å². The Kier molecular flexibility index (Phi) is 6.10. The minimum Gasteiger partial charge on any atom is -0.361 e. The molecule has 0 bridgehead atoms. The third kappa shape index (κ3) is 4.19. The molecular weight excluding hydrogens is 434 g/mol. The Hall–Kier alpha value is -3.23. The molecule has 1 aromatic heterocycles. The second-order valence-electron chi connectivity index (χ2n) is 9.03. The number of nitro benzene ring substituents is 1. The van der Waals surface area contributed by atoms with E-state index in [0.717, 1.165) is 28.5 Å². The average Bonchev–Trinajstić information content (AvgIpc) is 3.50. The summed E-state index contributed by atoms with van der Waals surface area (Å²) >= 11 is 0. The molecule has 1 spiro atoms. The second kappa shape index (κ2) is 9.19. The van der Waals surface area contributed by atoms with Crippen molar-refractivity contribution in [3.63, 3.8) is 0 Å². The molecule has 0 radical (unpaired) electrons. The highest BCUT2D eigenvalue weighted by Crippen LogP contribution is 2.37. The minimum absolute atomic E-state index is 0.0273. The number of nitrogens with one attached hydrogen (secondary N) is 1. The zero-order chi connectivity index (χ0) is 23.7. The van der Waals surface area contributed by atoms with Gasteiger partial charge in [0.1, 0.15) is 0 Å². The van der Waals surface area contributed by atoms with Gasteiger partial charge in [-0.3, -0.25) is 14.9 Å². The van der Waals surface area contributed by atoms with E-state index in [4.69, 9.17) is 9.47 Å². The Bertz CT molecular complexity index is 1200. The topological polar surface area (TPSA) is 97.7 Å². The van der Waals surface area contributed by atoms with Gasteiger partial charge in [-0.25, -0.2) is 0 Å². The van der Waals surface area contributed by atoms with E-state index in [1.165, 1.54) is 11.6 Å². The van der Waals surface area contributed by atoms with Crippen molar-refractivity contribution in [2.24, 2.45) is 0 Å². The summed E-state index contributed by atoms with van der Waals surface area (Å²) in [5, 5.41) is 12.5. The number of carbonyl (C=O) groups is 1. The van der Waals surface area contributed by atoms with Crippen LogP contribution in [0.1, 0.15) is 48.8 Å². The SMILES string of the molecule is CCc1cccc2c(C(CC(=O)N3CCC4(CC3)OCCO4)c3cccc([N+](=O)[O-])c3)c[nH]c12. The van der Waals surface area contributed by atoms with Crippen molar-refractivity contribution in [2.45, 2.75) is 44.3 Å². The maximum atomic E-state index is 13.5. The molecule has 2 saturated heterocycles. The smallest absolute Gasteiger partial charge is 0.269 e. The van der Waals surface area contributed by atoms with Crippen LogP contribution in [0.25, 0.3) is 10.9 Å². The first-order valence-electron chi connectivity index (χ1n) is 11.9. The van der Waals surface area contributed by atoms with Gasteiger partial charge >= 0.3 is 0 Å². The Labute approximate surface area is 198 Å². The summed E-state index contributed by atoms with van der Waals surface area (Å²) < 4.78 is 11.6. The number of non-ortho nitro benzene ring substituents is 1. The van der Waals surface area contributed by atoms with Gasteiger partial charge in [0, 0.05) is 67.5 Å². The van der Waals surface area contributed by atoms with E-state index in [1.54, 1.807) is 12.1 Å². The number of aromatic nitrogens is 1. The van der Waals surface area contributed by atoms with Crippen LogP contribution in [0.15, 0.2) is 48.7 Å². The average molecular weight is 464 g/mol. The molecule has 2 aliphatic heterocycles.